The van der Waals surface area contributed by atoms with Crippen molar-refractivity contribution in [1.29, 1.82) is 0 Å². The Hall–Kier alpha value is -0.870. The monoisotopic (exact) mass is 196 g/mol. The molecule has 1 aliphatic rings. The van der Waals surface area contributed by atoms with E-state index in [9.17, 15) is 0 Å². The molecule has 1 N–H and O–H groups in total. The van der Waals surface area contributed by atoms with E-state index >= 15 is 0 Å². The molecule has 2 nitrogen and oxygen atoms in total. The first-order chi connectivity index (χ1) is 5.92. The SMILES string of the molecule is S=CC1NC=CN1c1cccs1. The summed E-state index contributed by atoms with van der Waals surface area (Å²) in [5.41, 5.74) is 0. The van der Waals surface area contributed by atoms with Crippen LogP contribution >= 0.6 is 23.6 Å². The first-order valence-electron chi connectivity index (χ1n) is 3.61. The molecule has 0 amide bonds. The highest BCUT2D eigenvalue weighted by Gasteiger charge is 2.17. The molecule has 1 aliphatic heterocycles. The van der Waals surface area contributed by atoms with Crippen molar-refractivity contribution in [1.82, 2.24) is 5.32 Å². The van der Waals surface area contributed by atoms with Gasteiger partial charge in [-0.15, -0.1) is 11.3 Å². The van der Waals surface area contributed by atoms with E-state index in [-0.39, 0.29) is 6.17 Å². The largest absolute Gasteiger partial charge is 0.366 e. The van der Waals surface area contributed by atoms with Crippen LogP contribution in [0.4, 0.5) is 5.00 Å². The summed E-state index contributed by atoms with van der Waals surface area (Å²) < 4.78 is 0. The molecular formula is C8H8N2S2. The Bertz CT molecular complexity index is 292. The Morgan fingerprint density at radius 3 is 3.25 bits per heavy atom. The summed E-state index contributed by atoms with van der Waals surface area (Å²) >= 11 is 6.61. The van der Waals surface area contributed by atoms with Crippen LogP contribution in [0.5, 0.6) is 0 Å². The van der Waals surface area contributed by atoms with Crippen LogP contribution in [0.15, 0.2) is 29.9 Å². The van der Waals surface area contributed by atoms with Crippen molar-refractivity contribution < 1.29 is 0 Å². The fourth-order valence-corrected chi connectivity index (χ4v) is 2.09. The summed E-state index contributed by atoms with van der Waals surface area (Å²) in [5.74, 6) is 0. The minimum atomic E-state index is 0.138. The van der Waals surface area contributed by atoms with Gasteiger partial charge in [-0.2, -0.15) is 0 Å². The normalized spacial score (nSPS) is 21.0. The highest BCUT2D eigenvalue weighted by Crippen LogP contribution is 2.24. The highest BCUT2D eigenvalue weighted by atomic mass is 32.1. The smallest absolute Gasteiger partial charge is 0.133 e. The molecular weight excluding hydrogens is 188 g/mol. The van der Waals surface area contributed by atoms with Crippen molar-refractivity contribution in [2.24, 2.45) is 0 Å². The molecule has 0 saturated carbocycles. The van der Waals surface area contributed by atoms with Crippen LogP contribution in [0.25, 0.3) is 0 Å². The standard InChI is InChI=1S/C8H8N2S2/c11-6-7-9-3-4-10(7)8-2-1-5-12-8/h1-7,9H. The second-order valence-electron chi connectivity index (χ2n) is 2.42. The highest BCUT2D eigenvalue weighted by molar-refractivity contribution is 7.79. The summed E-state index contributed by atoms with van der Waals surface area (Å²) in [5, 5.41) is 8.13. The lowest BCUT2D eigenvalue weighted by atomic mass is 10.5. The maximum absolute atomic E-state index is 4.90. The van der Waals surface area contributed by atoms with Crippen molar-refractivity contribution in [3.63, 3.8) is 0 Å². The predicted molar refractivity (Wildman–Crippen MR) is 56.5 cm³/mol. The summed E-state index contributed by atoms with van der Waals surface area (Å²) in [4.78, 5) is 2.11. The summed E-state index contributed by atoms with van der Waals surface area (Å²) in [6, 6.07) is 4.11. The Morgan fingerprint density at radius 1 is 1.67 bits per heavy atom. The average Bonchev–Trinajstić information content (AvgIpc) is 2.74. The van der Waals surface area contributed by atoms with E-state index < -0.39 is 0 Å². The van der Waals surface area contributed by atoms with E-state index in [1.54, 1.807) is 16.7 Å². The van der Waals surface area contributed by atoms with Crippen LogP contribution in [0.2, 0.25) is 0 Å². The van der Waals surface area contributed by atoms with Gasteiger partial charge in [0.2, 0.25) is 0 Å². The van der Waals surface area contributed by atoms with Crippen molar-refractivity contribution in [3.05, 3.63) is 29.9 Å². The van der Waals surface area contributed by atoms with E-state index in [4.69, 9.17) is 12.2 Å². The lowest BCUT2D eigenvalue weighted by molar-refractivity contribution is 0.813. The molecule has 2 rings (SSSR count). The summed E-state index contributed by atoms with van der Waals surface area (Å²) in [7, 11) is 0. The third-order valence-corrected chi connectivity index (χ3v) is 2.83. The van der Waals surface area contributed by atoms with Gasteiger partial charge in [-0.3, -0.25) is 0 Å². The number of thiophene rings is 1. The number of thiocarbonyl (C=S) groups is 1. The van der Waals surface area contributed by atoms with Gasteiger partial charge in [0.1, 0.15) is 6.17 Å². The zero-order valence-electron chi connectivity index (χ0n) is 6.31. The minimum Gasteiger partial charge on any atom is -0.366 e. The quantitative estimate of drug-likeness (QED) is 0.728. The van der Waals surface area contributed by atoms with Crippen LogP contribution in [0.1, 0.15) is 0 Å². The molecule has 0 saturated heterocycles. The van der Waals surface area contributed by atoms with Gasteiger partial charge in [-0.05, 0) is 17.5 Å². The Morgan fingerprint density at radius 2 is 2.58 bits per heavy atom. The molecule has 12 heavy (non-hydrogen) atoms. The van der Waals surface area contributed by atoms with E-state index in [0.717, 1.165) is 0 Å². The Kier molecular flexibility index (Phi) is 2.10. The van der Waals surface area contributed by atoms with E-state index in [2.05, 4.69) is 21.7 Å². The second-order valence-corrected chi connectivity index (χ2v) is 3.62. The molecule has 0 radical (unpaired) electrons. The van der Waals surface area contributed by atoms with Crippen LogP contribution in [0, 0.1) is 0 Å². The van der Waals surface area contributed by atoms with Gasteiger partial charge in [-0.1, -0.05) is 12.2 Å². The van der Waals surface area contributed by atoms with Crippen LogP contribution in [-0.2, 0) is 0 Å². The van der Waals surface area contributed by atoms with E-state index in [1.165, 1.54) is 5.00 Å². The Balaban J connectivity index is 2.23. The summed E-state index contributed by atoms with van der Waals surface area (Å²) in [6.07, 6.45) is 4.05. The topological polar surface area (TPSA) is 15.3 Å². The van der Waals surface area contributed by atoms with Gasteiger partial charge in [-0.25, -0.2) is 0 Å². The number of nitrogens with zero attached hydrogens (tertiary/aromatic N) is 1. The first kappa shape index (κ1) is 7.76. The fraction of sp³-hybridized carbons (Fsp3) is 0.125. The van der Waals surface area contributed by atoms with Gasteiger partial charge < -0.3 is 10.2 Å². The molecule has 62 valence electrons. The van der Waals surface area contributed by atoms with Gasteiger partial charge in [0.25, 0.3) is 0 Å². The molecule has 1 aromatic heterocycles. The van der Waals surface area contributed by atoms with Crippen molar-refractivity contribution in [3.8, 4) is 0 Å². The predicted octanol–water partition coefficient (Wildman–Crippen LogP) is 1.95. The van der Waals surface area contributed by atoms with Crippen molar-refractivity contribution in [2.75, 3.05) is 4.90 Å². The van der Waals surface area contributed by atoms with Crippen LogP contribution in [-0.4, -0.2) is 11.5 Å². The molecule has 0 fully saturated rings. The van der Waals surface area contributed by atoms with Crippen molar-refractivity contribution in [2.45, 2.75) is 6.17 Å². The first-order valence-corrected chi connectivity index (χ1v) is 4.97. The van der Waals surface area contributed by atoms with Gasteiger partial charge in [0.15, 0.2) is 0 Å². The van der Waals surface area contributed by atoms with Crippen LogP contribution < -0.4 is 10.2 Å². The zero-order valence-corrected chi connectivity index (χ0v) is 7.94. The van der Waals surface area contributed by atoms with Crippen molar-refractivity contribution >= 4 is 33.9 Å². The average molecular weight is 196 g/mol. The molecule has 0 aromatic carbocycles. The number of nitrogens with one attached hydrogen (secondary N) is 1. The molecule has 0 aliphatic carbocycles. The summed E-state index contributed by atoms with van der Waals surface area (Å²) in [6.45, 7) is 0. The number of hydrogen-bond donors (Lipinski definition) is 1. The molecule has 1 unspecified atom stereocenters. The Labute approximate surface area is 80.5 Å². The molecule has 1 atom stereocenters. The fourth-order valence-electron chi connectivity index (χ4n) is 1.13. The molecule has 0 bridgehead atoms. The molecule has 1 aromatic rings. The van der Waals surface area contributed by atoms with Gasteiger partial charge in [0.05, 0.1) is 5.00 Å². The van der Waals surface area contributed by atoms with Gasteiger partial charge in [0, 0.05) is 17.8 Å². The third-order valence-electron chi connectivity index (χ3n) is 1.69. The molecule has 0 spiro atoms. The lowest BCUT2D eigenvalue weighted by Gasteiger charge is -2.19. The van der Waals surface area contributed by atoms with E-state index in [0.29, 0.717) is 0 Å². The number of anilines is 1. The maximum Gasteiger partial charge on any atom is 0.133 e. The maximum atomic E-state index is 4.90. The lowest BCUT2D eigenvalue weighted by Crippen LogP contribution is -2.35. The molecule has 2 heterocycles. The molecule has 4 heteroatoms. The minimum absolute atomic E-state index is 0.138. The van der Waals surface area contributed by atoms with Crippen LogP contribution in [0.3, 0.4) is 0 Å². The third kappa shape index (κ3) is 1.23. The second kappa shape index (κ2) is 3.25. The van der Waals surface area contributed by atoms with E-state index in [1.807, 2.05) is 18.5 Å². The van der Waals surface area contributed by atoms with Gasteiger partial charge >= 0.3 is 0 Å². The zero-order chi connectivity index (χ0) is 8.39. The number of hydrogen-bond acceptors (Lipinski definition) is 4. The number of rotatable bonds is 2.